The van der Waals surface area contributed by atoms with Crippen molar-refractivity contribution in [2.24, 2.45) is 0 Å². The first-order chi connectivity index (χ1) is 9.52. The molecule has 0 aliphatic carbocycles. The number of carbonyl (C=O) groups excluding carboxylic acids is 1. The van der Waals surface area contributed by atoms with E-state index in [4.69, 9.17) is 4.74 Å². The Kier molecular flexibility index (Phi) is 3.65. The lowest BCUT2D eigenvalue weighted by Crippen LogP contribution is -1.99. The molecule has 8 heteroatoms. The molecular weight excluding hydrogens is 274 g/mol. The molecule has 1 aromatic carbocycles. The van der Waals surface area contributed by atoms with Crippen LogP contribution in [-0.2, 0) is 0 Å². The molecule has 0 spiro atoms. The van der Waals surface area contributed by atoms with Gasteiger partial charge in [0.25, 0.3) is 0 Å². The number of nitrogens with zero attached hydrogens (tertiary/aromatic N) is 2. The molecule has 2 rings (SSSR count). The summed E-state index contributed by atoms with van der Waals surface area (Å²) < 4.78 is 32.0. The van der Waals surface area contributed by atoms with Crippen LogP contribution in [0, 0.1) is 21.7 Å². The Morgan fingerprint density at radius 1 is 1.30 bits per heavy atom. The zero-order valence-electron chi connectivity index (χ0n) is 9.75. The van der Waals surface area contributed by atoms with Gasteiger partial charge in [0.1, 0.15) is 0 Å². The molecule has 0 unspecified atom stereocenters. The van der Waals surface area contributed by atoms with Gasteiger partial charge >= 0.3 is 5.69 Å². The van der Waals surface area contributed by atoms with Crippen molar-refractivity contribution in [1.29, 1.82) is 0 Å². The van der Waals surface area contributed by atoms with E-state index in [1.54, 1.807) is 0 Å². The van der Waals surface area contributed by atoms with Gasteiger partial charge in [-0.3, -0.25) is 14.9 Å². The summed E-state index contributed by atoms with van der Waals surface area (Å²) in [5.41, 5.74) is -0.975. The number of rotatable bonds is 4. The van der Waals surface area contributed by atoms with Crippen molar-refractivity contribution < 1.29 is 23.2 Å². The lowest BCUT2D eigenvalue weighted by molar-refractivity contribution is -0.387. The van der Waals surface area contributed by atoms with Crippen molar-refractivity contribution in [2.75, 3.05) is 0 Å². The molecule has 0 aliphatic heterocycles. The van der Waals surface area contributed by atoms with Gasteiger partial charge in [-0.25, -0.2) is 9.37 Å². The molecule has 20 heavy (non-hydrogen) atoms. The van der Waals surface area contributed by atoms with Crippen molar-refractivity contribution >= 4 is 12.0 Å². The molecule has 0 atom stereocenters. The average Bonchev–Trinajstić information content (AvgIpc) is 2.42. The molecule has 0 fully saturated rings. The van der Waals surface area contributed by atoms with Gasteiger partial charge in [-0.1, -0.05) is 0 Å². The third-order valence-corrected chi connectivity index (χ3v) is 2.33. The minimum Gasteiger partial charge on any atom is -0.435 e. The Bertz CT molecular complexity index is 691. The van der Waals surface area contributed by atoms with Gasteiger partial charge in [-0.05, 0) is 12.1 Å². The van der Waals surface area contributed by atoms with Crippen LogP contribution in [0.1, 0.15) is 10.4 Å². The highest BCUT2D eigenvalue weighted by molar-refractivity contribution is 5.78. The number of nitro benzene ring substituents is 1. The van der Waals surface area contributed by atoms with Crippen LogP contribution < -0.4 is 4.74 Å². The SMILES string of the molecule is O=Cc1cccnc1Oc1cc(F)c([N+](=O)[O-])cc1F. The van der Waals surface area contributed by atoms with E-state index in [-0.39, 0.29) is 11.4 Å². The minimum absolute atomic E-state index is 0.0330. The van der Waals surface area contributed by atoms with E-state index in [9.17, 15) is 23.7 Å². The van der Waals surface area contributed by atoms with Crippen LogP contribution in [-0.4, -0.2) is 16.2 Å². The number of hydrogen-bond acceptors (Lipinski definition) is 5. The Morgan fingerprint density at radius 3 is 2.70 bits per heavy atom. The maximum atomic E-state index is 13.6. The predicted molar refractivity (Wildman–Crippen MR) is 62.7 cm³/mol. The van der Waals surface area contributed by atoms with Crippen molar-refractivity contribution in [1.82, 2.24) is 4.98 Å². The van der Waals surface area contributed by atoms with E-state index >= 15 is 0 Å². The number of ether oxygens (including phenoxy) is 1. The Labute approximate surface area is 110 Å². The quantitative estimate of drug-likeness (QED) is 0.488. The van der Waals surface area contributed by atoms with Gasteiger partial charge in [-0.2, -0.15) is 4.39 Å². The molecule has 0 N–H and O–H groups in total. The van der Waals surface area contributed by atoms with Gasteiger partial charge in [-0.15, -0.1) is 0 Å². The second-order valence-corrected chi connectivity index (χ2v) is 3.61. The predicted octanol–water partition coefficient (Wildman–Crippen LogP) is 2.87. The third-order valence-electron chi connectivity index (χ3n) is 2.33. The Hall–Kier alpha value is -2.90. The summed E-state index contributed by atoms with van der Waals surface area (Å²) in [5, 5.41) is 10.4. The average molecular weight is 280 g/mol. The summed E-state index contributed by atoms with van der Waals surface area (Å²) in [4.78, 5) is 23.8. The lowest BCUT2D eigenvalue weighted by Gasteiger charge is -2.07. The monoisotopic (exact) mass is 280 g/mol. The summed E-state index contributed by atoms with van der Waals surface area (Å²) in [6.45, 7) is 0. The van der Waals surface area contributed by atoms with Crippen molar-refractivity contribution in [3.8, 4) is 11.6 Å². The van der Waals surface area contributed by atoms with Crippen LogP contribution in [0.3, 0.4) is 0 Å². The van der Waals surface area contributed by atoms with Gasteiger partial charge in [0.05, 0.1) is 16.6 Å². The van der Waals surface area contributed by atoms with Crippen LogP contribution in [0.15, 0.2) is 30.5 Å². The fourth-order valence-electron chi connectivity index (χ4n) is 1.42. The summed E-state index contributed by atoms with van der Waals surface area (Å²) in [7, 11) is 0. The fraction of sp³-hybridized carbons (Fsp3) is 0. The third kappa shape index (κ3) is 2.58. The van der Waals surface area contributed by atoms with E-state index in [1.165, 1.54) is 18.3 Å². The Balaban J connectivity index is 2.42. The number of hydrogen-bond donors (Lipinski definition) is 0. The van der Waals surface area contributed by atoms with E-state index in [2.05, 4.69) is 4.98 Å². The standard InChI is InChI=1S/C12H6F2N2O4/c13-8-5-11(9(14)4-10(8)16(18)19)20-12-7(6-17)2-1-3-15-12/h1-6H. The first-order valence-corrected chi connectivity index (χ1v) is 5.24. The van der Waals surface area contributed by atoms with E-state index < -0.39 is 28.0 Å². The van der Waals surface area contributed by atoms with Gasteiger partial charge < -0.3 is 4.74 Å². The van der Waals surface area contributed by atoms with E-state index in [0.29, 0.717) is 18.4 Å². The number of nitro groups is 1. The first-order valence-electron chi connectivity index (χ1n) is 5.24. The van der Waals surface area contributed by atoms with Crippen molar-refractivity contribution in [3.05, 3.63) is 57.8 Å². The molecule has 0 radical (unpaired) electrons. The Morgan fingerprint density at radius 2 is 2.05 bits per heavy atom. The number of benzene rings is 1. The molecule has 0 amide bonds. The zero-order valence-corrected chi connectivity index (χ0v) is 9.75. The molecule has 0 aliphatic rings. The molecule has 0 saturated carbocycles. The molecule has 1 heterocycles. The van der Waals surface area contributed by atoms with Gasteiger partial charge in [0.2, 0.25) is 11.7 Å². The van der Waals surface area contributed by atoms with E-state index in [0.717, 1.165) is 0 Å². The highest BCUT2D eigenvalue weighted by Gasteiger charge is 2.20. The maximum Gasteiger partial charge on any atom is 0.307 e. The number of pyridine rings is 1. The van der Waals surface area contributed by atoms with Crippen molar-refractivity contribution in [2.45, 2.75) is 0 Å². The number of aromatic nitrogens is 1. The molecule has 6 nitrogen and oxygen atoms in total. The number of halogens is 2. The summed E-state index contributed by atoms with van der Waals surface area (Å²) in [6.07, 6.45) is 1.73. The summed E-state index contributed by atoms with van der Waals surface area (Å²) in [5.74, 6) is -3.22. The minimum atomic E-state index is -1.25. The summed E-state index contributed by atoms with van der Waals surface area (Å²) in [6, 6.07) is 3.75. The smallest absolute Gasteiger partial charge is 0.307 e. The largest absolute Gasteiger partial charge is 0.435 e. The van der Waals surface area contributed by atoms with Gasteiger partial charge in [0, 0.05) is 12.3 Å². The lowest BCUT2D eigenvalue weighted by atomic mass is 10.2. The van der Waals surface area contributed by atoms with Crippen LogP contribution >= 0.6 is 0 Å². The molecule has 102 valence electrons. The first kappa shape index (κ1) is 13.5. The summed E-state index contributed by atoms with van der Waals surface area (Å²) >= 11 is 0. The van der Waals surface area contributed by atoms with Crippen LogP contribution in [0.4, 0.5) is 14.5 Å². The molecular formula is C12H6F2N2O4. The zero-order chi connectivity index (χ0) is 14.7. The van der Waals surface area contributed by atoms with E-state index in [1.807, 2.05) is 0 Å². The highest BCUT2D eigenvalue weighted by Crippen LogP contribution is 2.30. The second kappa shape index (κ2) is 5.39. The fourth-order valence-corrected chi connectivity index (χ4v) is 1.42. The number of aldehydes is 1. The molecule has 2 aromatic rings. The maximum absolute atomic E-state index is 13.6. The van der Waals surface area contributed by atoms with Crippen molar-refractivity contribution in [3.63, 3.8) is 0 Å². The van der Waals surface area contributed by atoms with Crippen LogP contribution in [0.5, 0.6) is 11.6 Å². The molecule has 1 aromatic heterocycles. The van der Waals surface area contributed by atoms with Crippen LogP contribution in [0.25, 0.3) is 0 Å². The second-order valence-electron chi connectivity index (χ2n) is 3.61. The number of carbonyl (C=O) groups is 1. The molecule has 0 bridgehead atoms. The topological polar surface area (TPSA) is 82.3 Å². The highest BCUT2D eigenvalue weighted by atomic mass is 19.1. The van der Waals surface area contributed by atoms with Gasteiger partial charge in [0.15, 0.2) is 17.9 Å². The molecule has 0 saturated heterocycles. The van der Waals surface area contributed by atoms with Crippen LogP contribution in [0.2, 0.25) is 0 Å². The normalized spacial score (nSPS) is 10.1.